The van der Waals surface area contributed by atoms with Gasteiger partial charge in [-0.25, -0.2) is 4.39 Å². The lowest BCUT2D eigenvalue weighted by molar-refractivity contribution is 0.262. The van der Waals surface area contributed by atoms with Crippen LogP contribution in [0.2, 0.25) is 0 Å². The second kappa shape index (κ2) is 5.36. The molecular weight excluding hydrogens is 219 g/mol. The second-order valence-corrected chi connectivity index (χ2v) is 4.53. The average Bonchev–Trinajstić information content (AvgIpc) is 2.34. The van der Waals surface area contributed by atoms with Gasteiger partial charge in [-0.3, -0.25) is 0 Å². The lowest BCUT2D eigenvalue weighted by atomic mass is 9.98. The van der Waals surface area contributed by atoms with Gasteiger partial charge >= 0.3 is 0 Å². The van der Waals surface area contributed by atoms with Gasteiger partial charge in [-0.15, -0.1) is 0 Å². The quantitative estimate of drug-likeness (QED) is 0.793. The highest BCUT2D eigenvalue weighted by Crippen LogP contribution is 2.32. The standard InChI is InChI=1S/C13H19FN2O/c14-11-5-3-6-12(13(11)15)16-8-2-1-4-10(16)7-9-17/h3,5-6,10,17H,1-2,4,7-9,15H2. The molecule has 1 fully saturated rings. The third-order valence-corrected chi connectivity index (χ3v) is 3.43. The van der Waals surface area contributed by atoms with Crippen LogP contribution in [-0.4, -0.2) is 24.3 Å². The van der Waals surface area contributed by atoms with Crippen LogP contribution in [0.1, 0.15) is 25.7 Å². The molecule has 0 radical (unpaired) electrons. The molecule has 17 heavy (non-hydrogen) atoms. The molecule has 94 valence electrons. The van der Waals surface area contributed by atoms with E-state index in [-0.39, 0.29) is 24.2 Å². The van der Waals surface area contributed by atoms with Gasteiger partial charge in [0.15, 0.2) is 0 Å². The zero-order valence-electron chi connectivity index (χ0n) is 9.90. The molecule has 4 heteroatoms. The van der Waals surface area contributed by atoms with Crippen molar-refractivity contribution in [2.75, 3.05) is 23.8 Å². The van der Waals surface area contributed by atoms with E-state index in [1.54, 1.807) is 6.07 Å². The predicted octanol–water partition coefficient (Wildman–Crippen LogP) is 2.15. The lowest BCUT2D eigenvalue weighted by Gasteiger charge is -2.38. The molecule has 1 aromatic carbocycles. The van der Waals surface area contributed by atoms with Crippen LogP contribution in [0.4, 0.5) is 15.8 Å². The summed E-state index contributed by atoms with van der Waals surface area (Å²) in [5.41, 5.74) is 6.78. The summed E-state index contributed by atoms with van der Waals surface area (Å²) in [6.07, 6.45) is 4.01. The van der Waals surface area contributed by atoms with Gasteiger partial charge in [-0.2, -0.15) is 0 Å². The number of rotatable bonds is 3. The van der Waals surface area contributed by atoms with Crippen LogP contribution in [0.25, 0.3) is 0 Å². The van der Waals surface area contributed by atoms with Crippen LogP contribution < -0.4 is 10.6 Å². The number of benzene rings is 1. The zero-order valence-corrected chi connectivity index (χ0v) is 9.90. The smallest absolute Gasteiger partial charge is 0.148 e. The van der Waals surface area contributed by atoms with Crippen LogP contribution in [0, 0.1) is 5.82 Å². The van der Waals surface area contributed by atoms with Crippen molar-refractivity contribution in [2.24, 2.45) is 0 Å². The van der Waals surface area contributed by atoms with Crippen LogP contribution >= 0.6 is 0 Å². The van der Waals surface area contributed by atoms with Crippen molar-refractivity contribution in [3.8, 4) is 0 Å². The number of hydrogen-bond acceptors (Lipinski definition) is 3. The summed E-state index contributed by atoms with van der Waals surface area (Å²) in [5, 5.41) is 9.08. The first-order chi connectivity index (χ1) is 8.24. The Bertz CT molecular complexity index is 382. The van der Waals surface area contributed by atoms with Crippen LogP contribution in [0.5, 0.6) is 0 Å². The molecule has 2 rings (SSSR count). The van der Waals surface area contributed by atoms with Crippen molar-refractivity contribution in [1.29, 1.82) is 0 Å². The molecule has 1 aromatic rings. The van der Waals surface area contributed by atoms with E-state index in [1.807, 2.05) is 6.07 Å². The summed E-state index contributed by atoms with van der Waals surface area (Å²) < 4.78 is 13.4. The van der Waals surface area contributed by atoms with Gasteiger partial charge in [0.05, 0.1) is 11.4 Å². The number of halogens is 1. The molecule has 0 aliphatic carbocycles. The normalized spacial score (nSPS) is 20.6. The predicted molar refractivity (Wildman–Crippen MR) is 67.5 cm³/mol. The monoisotopic (exact) mass is 238 g/mol. The molecule has 1 unspecified atom stereocenters. The molecule has 1 heterocycles. The van der Waals surface area contributed by atoms with Gasteiger partial charge in [0.2, 0.25) is 0 Å². The largest absolute Gasteiger partial charge is 0.396 e. The second-order valence-electron chi connectivity index (χ2n) is 4.53. The van der Waals surface area contributed by atoms with Gasteiger partial charge < -0.3 is 15.7 Å². The highest BCUT2D eigenvalue weighted by molar-refractivity contribution is 5.68. The van der Waals surface area contributed by atoms with Gasteiger partial charge in [-0.1, -0.05) is 6.07 Å². The van der Waals surface area contributed by atoms with E-state index in [1.165, 1.54) is 6.07 Å². The number of aliphatic hydroxyl groups is 1. The van der Waals surface area contributed by atoms with Crippen LogP contribution in [0.3, 0.4) is 0 Å². The molecule has 1 saturated heterocycles. The number of hydrogen-bond donors (Lipinski definition) is 2. The number of anilines is 2. The van der Waals surface area contributed by atoms with E-state index in [0.717, 1.165) is 37.9 Å². The first-order valence-electron chi connectivity index (χ1n) is 6.15. The Kier molecular flexibility index (Phi) is 3.84. The van der Waals surface area contributed by atoms with Gasteiger partial charge in [0.25, 0.3) is 0 Å². The van der Waals surface area contributed by atoms with Crippen molar-refractivity contribution in [1.82, 2.24) is 0 Å². The van der Waals surface area contributed by atoms with E-state index in [2.05, 4.69) is 4.90 Å². The molecule has 0 spiro atoms. The molecule has 1 atom stereocenters. The Balaban J connectivity index is 2.26. The van der Waals surface area contributed by atoms with Gasteiger partial charge in [0.1, 0.15) is 5.82 Å². The number of nitrogen functional groups attached to an aromatic ring is 1. The zero-order chi connectivity index (χ0) is 12.3. The van der Waals surface area contributed by atoms with Gasteiger partial charge in [0, 0.05) is 19.2 Å². The average molecular weight is 238 g/mol. The van der Waals surface area contributed by atoms with Crippen molar-refractivity contribution < 1.29 is 9.50 Å². The highest BCUT2D eigenvalue weighted by Gasteiger charge is 2.24. The first-order valence-corrected chi connectivity index (χ1v) is 6.15. The number of nitrogens with zero attached hydrogens (tertiary/aromatic N) is 1. The molecular formula is C13H19FN2O. The maximum absolute atomic E-state index is 13.4. The van der Waals surface area contributed by atoms with Crippen molar-refractivity contribution in [3.63, 3.8) is 0 Å². The third kappa shape index (κ3) is 2.52. The molecule has 3 N–H and O–H groups in total. The number of nitrogens with two attached hydrogens (primary N) is 1. The van der Waals surface area contributed by atoms with Crippen molar-refractivity contribution in [3.05, 3.63) is 24.0 Å². The van der Waals surface area contributed by atoms with Gasteiger partial charge in [-0.05, 0) is 37.8 Å². The highest BCUT2D eigenvalue weighted by atomic mass is 19.1. The minimum Gasteiger partial charge on any atom is -0.396 e. The van der Waals surface area contributed by atoms with E-state index >= 15 is 0 Å². The maximum atomic E-state index is 13.4. The Morgan fingerprint density at radius 2 is 2.24 bits per heavy atom. The topological polar surface area (TPSA) is 49.5 Å². The molecule has 3 nitrogen and oxygen atoms in total. The fraction of sp³-hybridized carbons (Fsp3) is 0.538. The number of para-hydroxylation sites is 1. The van der Waals surface area contributed by atoms with Crippen LogP contribution in [0.15, 0.2) is 18.2 Å². The Morgan fingerprint density at radius 1 is 1.41 bits per heavy atom. The third-order valence-electron chi connectivity index (χ3n) is 3.43. The summed E-state index contributed by atoms with van der Waals surface area (Å²) in [6.45, 7) is 1.05. The fourth-order valence-electron chi connectivity index (χ4n) is 2.54. The summed E-state index contributed by atoms with van der Waals surface area (Å²) >= 11 is 0. The summed E-state index contributed by atoms with van der Waals surface area (Å²) in [7, 11) is 0. The summed E-state index contributed by atoms with van der Waals surface area (Å²) in [5.74, 6) is -0.365. The summed E-state index contributed by atoms with van der Waals surface area (Å²) in [4.78, 5) is 2.14. The van der Waals surface area contributed by atoms with E-state index < -0.39 is 0 Å². The molecule has 1 aliphatic heterocycles. The fourth-order valence-corrected chi connectivity index (χ4v) is 2.54. The molecule has 0 amide bonds. The Morgan fingerprint density at radius 3 is 3.00 bits per heavy atom. The molecule has 0 bridgehead atoms. The number of piperidine rings is 1. The minimum absolute atomic E-state index is 0.163. The van der Waals surface area contributed by atoms with E-state index in [9.17, 15) is 4.39 Å². The molecule has 0 saturated carbocycles. The first kappa shape index (κ1) is 12.2. The SMILES string of the molecule is Nc1c(F)cccc1N1CCCCC1CCO. The maximum Gasteiger partial charge on any atom is 0.148 e. The number of aliphatic hydroxyl groups excluding tert-OH is 1. The minimum atomic E-state index is -0.365. The Hall–Kier alpha value is -1.29. The summed E-state index contributed by atoms with van der Waals surface area (Å²) in [6, 6.07) is 5.20. The van der Waals surface area contributed by atoms with Crippen molar-refractivity contribution in [2.45, 2.75) is 31.7 Å². The van der Waals surface area contributed by atoms with Crippen molar-refractivity contribution >= 4 is 11.4 Å². The lowest BCUT2D eigenvalue weighted by Crippen LogP contribution is -2.40. The molecule has 1 aliphatic rings. The molecule has 0 aromatic heterocycles. The Labute approximate surface area is 101 Å². The van der Waals surface area contributed by atoms with Crippen LogP contribution in [-0.2, 0) is 0 Å². The van der Waals surface area contributed by atoms with E-state index in [0.29, 0.717) is 0 Å². The van der Waals surface area contributed by atoms with E-state index in [4.69, 9.17) is 10.8 Å².